The minimum absolute atomic E-state index is 0.00129. The molecule has 0 spiro atoms. The molecule has 4 aromatic rings. The third kappa shape index (κ3) is 6.31. The summed E-state index contributed by atoms with van der Waals surface area (Å²) in [6.07, 6.45) is 4.12. The van der Waals surface area contributed by atoms with E-state index in [0.717, 1.165) is 44.6 Å². The van der Waals surface area contributed by atoms with Crippen LogP contribution in [-0.2, 0) is 11.3 Å². The highest BCUT2D eigenvalue weighted by Crippen LogP contribution is 2.30. The number of imidazole rings is 1. The zero-order valence-corrected chi connectivity index (χ0v) is 22.6. The number of pyridine rings is 1. The smallest absolute Gasteiger partial charge is 0.229 e. The Labute approximate surface area is 222 Å². The van der Waals surface area contributed by atoms with E-state index < -0.39 is 11.6 Å². The Balaban J connectivity index is 0.00000107. The number of ether oxygens (including phenoxy) is 1. The van der Waals surface area contributed by atoms with Crippen LogP contribution < -0.4 is 5.32 Å². The number of nitrogens with zero attached hydrogens (tertiary/aromatic N) is 6. The Morgan fingerprint density at radius 1 is 1.00 bits per heavy atom. The second kappa shape index (κ2) is 12.4. The number of aromatic nitrogens is 5. The van der Waals surface area contributed by atoms with E-state index in [1.165, 1.54) is 12.5 Å². The summed E-state index contributed by atoms with van der Waals surface area (Å²) in [6.45, 7) is 14.1. The van der Waals surface area contributed by atoms with Crippen LogP contribution in [0.4, 0.5) is 20.5 Å². The van der Waals surface area contributed by atoms with Crippen molar-refractivity contribution in [3.8, 4) is 11.3 Å². The molecule has 1 aromatic carbocycles. The first-order valence-electron chi connectivity index (χ1n) is 13.0. The van der Waals surface area contributed by atoms with Crippen molar-refractivity contribution in [2.45, 2.75) is 53.6 Å². The first-order chi connectivity index (χ1) is 18.3. The molecule has 0 aliphatic carbocycles. The van der Waals surface area contributed by atoms with E-state index in [0.29, 0.717) is 22.7 Å². The van der Waals surface area contributed by atoms with Crippen LogP contribution in [-0.4, -0.2) is 55.7 Å². The van der Waals surface area contributed by atoms with E-state index in [-0.39, 0.29) is 23.2 Å². The van der Waals surface area contributed by atoms with Crippen LogP contribution in [0.2, 0.25) is 0 Å². The standard InChI is InChI=1S/C25H27F2N7O.C3H8/c1-15(2)34-16(3)30-24-19(26)10-18(11-21(24)34)23-20(27)13-29-25(32-23)31-22-5-4-17(12-28-22)14-33-6-8-35-9-7-33;1-3-2/h4-5,10-13,15H,6-9,14H2,1-3H3,(H,28,29,31,32);3H2,1-2H3. The molecule has 0 radical (unpaired) electrons. The van der Waals surface area contributed by atoms with Crippen molar-refractivity contribution in [2.24, 2.45) is 0 Å². The third-order valence-electron chi connectivity index (χ3n) is 6.03. The van der Waals surface area contributed by atoms with Gasteiger partial charge in [0.2, 0.25) is 5.95 Å². The summed E-state index contributed by atoms with van der Waals surface area (Å²) < 4.78 is 36.9. The molecule has 38 heavy (non-hydrogen) atoms. The highest BCUT2D eigenvalue weighted by Gasteiger charge is 2.18. The Bertz CT molecular complexity index is 1370. The van der Waals surface area contributed by atoms with Crippen LogP contribution in [0.15, 0.2) is 36.7 Å². The lowest BCUT2D eigenvalue weighted by atomic mass is 10.1. The highest BCUT2D eigenvalue weighted by molar-refractivity contribution is 5.83. The summed E-state index contributed by atoms with van der Waals surface area (Å²) >= 11 is 0. The van der Waals surface area contributed by atoms with Crippen molar-refractivity contribution in [2.75, 3.05) is 31.6 Å². The normalized spacial score (nSPS) is 14.0. The summed E-state index contributed by atoms with van der Waals surface area (Å²) in [5.74, 6) is 0.229. The maximum atomic E-state index is 14.9. The Kier molecular flexibility index (Phi) is 8.96. The topological polar surface area (TPSA) is 81.0 Å². The Morgan fingerprint density at radius 3 is 2.39 bits per heavy atom. The molecule has 0 unspecified atom stereocenters. The average molecular weight is 524 g/mol. The summed E-state index contributed by atoms with van der Waals surface area (Å²) in [6, 6.07) is 6.85. The largest absolute Gasteiger partial charge is 0.379 e. The number of hydrogen-bond donors (Lipinski definition) is 1. The number of benzene rings is 1. The third-order valence-corrected chi connectivity index (χ3v) is 6.03. The van der Waals surface area contributed by atoms with Crippen molar-refractivity contribution in [1.82, 2.24) is 29.4 Å². The van der Waals surface area contributed by atoms with E-state index in [2.05, 4.69) is 44.0 Å². The zero-order chi connectivity index (χ0) is 27.2. The van der Waals surface area contributed by atoms with Gasteiger partial charge in [0, 0.05) is 37.4 Å². The SMILES string of the molecule is CCC.Cc1nc2c(F)cc(-c3nc(Nc4ccc(CN5CCOCC5)cn4)ncc3F)cc2n1C(C)C. The van der Waals surface area contributed by atoms with Gasteiger partial charge in [-0.25, -0.2) is 28.7 Å². The fourth-order valence-corrected chi connectivity index (χ4v) is 4.41. The first-order valence-corrected chi connectivity index (χ1v) is 13.0. The number of halogens is 2. The zero-order valence-electron chi connectivity index (χ0n) is 22.6. The summed E-state index contributed by atoms with van der Waals surface area (Å²) in [4.78, 5) is 19.5. The van der Waals surface area contributed by atoms with Gasteiger partial charge in [0.25, 0.3) is 0 Å². The van der Waals surface area contributed by atoms with Crippen LogP contribution in [0.1, 0.15) is 51.5 Å². The lowest BCUT2D eigenvalue weighted by Crippen LogP contribution is -2.35. The van der Waals surface area contributed by atoms with Gasteiger partial charge < -0.3 is 14.6 Å². The molecule has 3 aromatic heterocycles. The van der Waals surface area contributed by atoms with Gasteiger partial charge in [-0.1, -0.05) is 26.3 Å². The molecular weight excluding hydrogens is 488 g/mol. The number of morpholine rings is 1. The molecule has 1 saturated heterocycles. The lowest BCUT2D eigenvalue weighted by Gasteiger charge is -2.26. The number of anilines is 2. The summed E-state index contributed by atoms with van der Waals surface area (Å²) in [5.41, 5.74) is 2.25. The number of nitrogens with one attached hydrogen (secondary N) is 1. The molecule has 1 aliphatic heterocycles. The average Bonchev–Trinajstić information content (AvgIpc) is 3.24. The van der Waals surface area contributed by atoms with Gasteiger partial charge >= 0.3 is 0 Å². The number of rotatable bonds is 6. The molecule has 5 rings (SSSR count). The summed E-state index contributed by atoms with van der Waals surface area (Å²) in [5, 5.41) is 3.01. The molecule has 1 fully saturated rings. The van der Waals surface area contributed by atoms with Gasteiger partial charge in [0.05, 0.1) is 24.9 Å². The predicted molar refractivity (Wildman–Crippen MR) is 145 cm³/mol. The van der Waals surface area contributed by atoms with Crippen LogP contribution in [0.5, 0.6) is 0 Å². The fourth-order valence-electron chi connectivity index (χ4n) is 4.41. The van der Waals surface area contributed by atoms with Gasteiger partial charge in [0.15, 0.2) is 11.6 Å². The second-order valence-electron chi connectivity index (χ2n) is 9.61. The maximum absolute atomic E-state index is 14.9. The molecule has 1 aliphatic rings. The lowest BCUT2D eigenvalue weighted by molar-refractivity contribution is 0.0341. The quantitative estimate of drug-likeness (QED) is 0.330. The first kappa shape index (κ1) is 27.5. The van der Waals surface area contributed by atoms with E-state index in [1.54, 1.807) is 12.3 Å². The molecule has 0 bridgehead atoms. The molecule has 4 heterocycles. The van der Waals surface area contributed by atoms with Crippen LogP contribution in [0, 0.1) is 18.6 Å². The predicted octanol–water partition coefficient (Wildman–Crippen LogP) is 6.05. The van der Waals surface area contributed by atoms with Gasteiger partial charge in [-0.3, -0.25) is 4.90 Å². The minimum atomic E-state index is -0.643. The molecule has 8 nitrogen and oxygen atoms in total. The number of hydrogen-bond acceptors (Lipinski definition) is 7. The van der Waals surface area contributed by atoms with E-state index in [4.69, 9.17) is 4.74 Å². The number of aryl methyl sites for hydroxylation is 1. The van der Waals surface area contributed by atoms with Crippen molar-refractivity contribution in [1.29, 1.82) is 0 Å². The van der Waals surface area contributed by atoms with Crippen molar-refractivity contribution in [3.63, 3.8) is 0 Å². The second-order valence-corrected chi connectivity index (χ2v) is 9.61. The van der Waals surface area contributed by atoms with Crippen molar-refractivity contribution in [3.05, 3.63) is 59.7 Å². The molecular formula is C28H35F2N7O. The van der Waals surface area contributed by atoms with E-state index in [1.807, 2.05) is 37.5 Å². The molecule has 202 valence electrons. The van der Waals surface area contributed by atoms with Crippen molar-refractivity contribution < 1.29 is 13.5 Å². The van der Waals surface area contributed by atoms with Gasteiger partial charge in [-0.2, -0.15) is 0 Å². The monoisotopic (exact) mass is 523 g/mol. The van der Waals surface area contributed by atoms with Crippen LogP contribution in [0.3, 0.4) is 0 Å². The minimum Gasteiger partial charge on any atom is -0.379 e. The Morgan fingerprint density at radius 2 is 1.74 bits per heavy atom. The van der Waals surface area contributed by atoms with E-state index >= 15 is 0 Å². The Hall–Kier alpha value is -3.50. The van der Waals surface area contributed by atoms with E-state index in [9.17, 15) is 8.78 Å². The molecule has 1 N–H and O–H groups in total. The van der Waals surface area contributed by atoms with Crippen molar-refractivity contribution >= 4 is 22.8 Å². The van der Waals surface area contributed by atoms with Gasteiger partial charge in [-0.15, -0.1) is 0 Å². The van der Waals surface area contributed by atoms with Gasteiger partial charge in [-0.05, 0) is 44.5 Å². The summed E-state index contributed by atoms with van der Waals surface area (Å²) in [7, 11) is 0. The fraction of sp³-hybridized carbons (Fsp3) is 0.429. The van der Waals surface area contributed by atoms with Gasteiger partial charge in [0.1, 0.15) is 22.9 Å². The van der Waals surface area contributed by atoms with Crippen LogP contribution >= 0.6 is 0 Å². The maximum Gasteiger partial charge on any atom is 0.229 e. The molecule has 10 heteroatoms. The number of fused-ring (bicyclic) bond motifs is 1. The molecule has 0 atom stereocenters. The van der Waals surface area contributed by atoms with Crippen LogP contribution in [0.25, 0.3) is 22.3 Å². The molecule has 0 saturated carbocycles. The highest BCUT2D eigenvalue weighted by atomic mass is 19.1. The molecule has 0 amide bonds.